The first kappa shape index (κ1) is 15.3. The van der Waals surface area contributed by atoms with Crippen molar-refractivity contribution in [2.24, 2.45) is 0 Å². The molecule has 21 heavy (non-hydrogen) atoms. The van der Waals surface area contributed by atoms with Crippen LogP contribution in [0.15, 0.2) is 48.8 Å². The Labute approximate surface area is 130 Å². The fourth-order valence-electron chi connectivity index (χ4n) is 2.02. The zero-order valence-corrected chi connectivity index (χ0v) is 13.1. The van der Waals surface area contributed by atoms with E-state index in [0.29, 0.717) is 10.6 Å². The van der Waals surface area contributed by atoms with Crippen LogP contribution in [0.4, 0.5) is 0 Å². The van der Waals surface area contributed by atoms with Gasteiger partial charge in [-0.25, -0.2) is 0 Å². The van der Waals surface area contributed by atoms with Crippen LogP contribution in [0.3, 0.4) is 0 Å². The Morgan fingerprint density at radius 3 is 2.05 bits per heavy atom. The summed E-state index contributed by atoms with van der Waals surface area (Å²) >= 11 is 6.41. The van der Waals surface area contributed by atoms with E-state index < -0.39 is 0 Å². The van der Waals surface area contributed by atoms with E-state index in [1.165, 1.54) is 5.56 Å². The number of benzene rings is 1. The average Bonchev–Trinajstić information content (AvgIpc) is 2.48. The van der Waals surface area contributed by atoms with E-state index in [1.54, 1.807) is 24.5 Å². The van der Waals surface area contributed by atoms with Crippen molar-refractivity contribution in [2.45, 2.75) is 26.2 Å². The van der Waals surface area contributed by atoms with Gasteiger partial charge in [-0.2, -0.15) is 5.26 Å². The first-order valence-corrected chi connectivity index (χ1v) is 7.12. The Morgan fingerprint density at radius 1 is 1.00 bits per heavy atom. The van der Waals surface area contributed by atoms with Gasteiger partial charge in [0.2, 0.25) is 0 Å². The highest BCUT2D eigenvalue weighted by Crippen LogP contribution is 2.30. The number of rotatable bonds is 2. The topological polar surface area (TPSA) is 36.7 Å². The van der Waals surface area contributed by atoms with Gasteiger partial charge in [-0.3, -0.25) is 4.98 Å². The minimum atomic E-state index is 0.0951. The Balaban J connectivity index is 2.45. The molecule has 0 aliphatic heterocycles. The molecule has 0 spiro atoms. The molecule has 2 aromatic rings. The van der Waals surface area contributed by atoms with Crippen LogP contribution in [0.5, 0.6) is 0 Å². The maximum Gasteiger partial charge on any atom is 0.101 e. The summed E-state index contributed by atoms with van der Waals surface area (Å²) in [6, 6.07) is 13.8. The molecule has 0 aliphatic rings. The van der Waals surface area contributed by atoms with Crippen LogP contribution in [0.1, 0.15) is 37.5 Å². The van der Waals surface area contributed by atoms with Gasteiger partial charge in [-0.1, -0.05) is 56.6 Å². The van der Waals surface area contributed by atoms with E-state index in [2.05, 4.69) is 44.0 Å². The lowest BCUT2D eigenvalue weighted by molar-refractivity contribution is 0.590. The zero-order valence-electron chi connectivity index (χ0n) is 12.4. The van der Waals surface area contributed by atoms with Gasteiger partial charge in [0.15, 0.2) is 0 Å². The molecule has 0 aliphatic carbocycles. The number of pyridine rings is 1. The summed E-state index contributed by atoms with van der Waals surface area (Å²) in [7, 11) is 0. The number of nitrogens with zero attached hydrogens (tertiary/aromatic N) is 2. The van der Waals surface area contributed by atoms with Crippen molar-refractivity contribution in [3.05, 3.63) is 65.5 Å². The molecule has 0 atom stereocenters. The van der Waals surface area contributed by atoms with Gasteiger partial charge in [-0.05, 0) is 34.2 Å². The lowest BCUT2D eigenvalue weighted by Crippen LogP contribution is -2.10. The fraction of sp³-hybridized carbons (Fsp3) is 0.222. The summed E-state index contributed by atoms with van der Waals surface area (Å²) in [5.74, 6) is 0. The highest BCUT2D eigenvalue weighted by molar-refractivity contribution is 6.53. The van der Waals surface area contributed by atoms with E-state index in [9.17, 15) is 5.26 Å². The van der Waals surface area contributed by atoms with E-state index in [1.807, 2.05) is 12.1 Å². The van der Waals surface area contributed by atoms with Crippen molar-refractivity contribution >= 4 is 22.2 Å². The van der Waals surface area contributed by atoms with Crippen molar-refractivity contribution in [1.82, 2.24) is 4.98 Å². The lowest BCUT2D eigenvalue weighted by Gasteiger charge is -2.19. The summed E-state index contributed by atoms with van der Waals surface area (Å²) in [5, 5.41) is 9.84. The highest BCUT2D eigenvalue weighted by Gasteiger charge is 2.14. The fourth-order valence-corrected chi connectivity index (χ4v) is 2.30. The Bertz CT molecular complexity index is 687. The Hall–Kier alpha value is -2.11. The molecule has 0 N–H and O–H groups in total. The standard InChI is InChI=1S/C18H17ClN2/c1-18(2,3)15-6-4-14(5-7-15)17(19)16(12-20)13-8-10-21-11-9-13/h4-11H,1-3H3/b17-16+. The van der Waals surface area contributed by atoms with Crippen molar-refractivity contribution in [3.8, 4) is 6.07 Å². The van der Waals surface area contributed by atoms with E-state index in [0.717, 1.165) is 11.1 Å². The molecule has 2 nitrogen and oxygen atoms in total. The third-order valence-corrected chi connectivity index (χ3v) is 3.71. The molecule has 0 unspecified atom stereocenters. The second-order valence-corrected chi connectivity index (χ2v) is 6.24. The smallest absolute Gasteiger partial charge is 0.101 e. The minimum Gasteiger partial charge on any atom is -0.265 e. The predicted octanol–water partition coefficient (Wildman–Crippen LogP) is 5.01. The first-order chi connectivity index (χ1) is 9.93. The van der Waals surface area contributed by atoms with Crippen LogP contribution in [-0.2, 0) is 5.41 Å². The highest BCUT2D eigenvalue weighted by atomic mass is 35.5. The molecule has 0 saturated carbocycles. The molecule has 0 amide bonds. The molecule has 1 heterocycles. The number of allylic oxidation sites excluding steroid dienone is 1. The van der Waals surface area contributed by atoms with E-state index in [-0.39, 0.29) is 5.41 Å². The second kappa shape index (κ2) is 6.11. The molecule has 3 heteroatoms. The predicted molar refractivity (Wildman–Crippen MR) is 87.7 cm³/mol. The van der Waals surface area contributed by atoms with Crippen molar-refractivity contribution in [3.63, 3.8) is 0 Å². The van der Waals surface area contributed by atoms with Crippen LogP contribution in [0.2, 0.25) is 0 Å². The van der Waals surface area contributed by atoms with Crippen molar-refractivity contribution in [1.29, 1.82) is 5.26 Å². The van der Waals surface area contributed by atoms with Crippen molar-refractivity contribution < 1.29 is 0 Å². The van der Waals surface area contributed by atoms with Gasteiger partial charge in [0.05, 0.1) is 10.6 Å². The monoisotopic (exact) mass is 296 g/mol. The van der Waals surface area contributed by atoms with E-state index in [4.69, 9.17) is 11.6 Å². The minimum absolute atomic E-state index is 0.0951. The normalized spacial score (nSPS) is 12.5. The third kappa shape index (κ3) is 3.51. The zero-order chi connectivity index (χ0) is 15.5. The number of hydrogen-bond acceptors (Lipinski definition) is 2. The molecule has 1 aromatic heterocycles. The van der Waals surface area contributed by atoms with Gasteiger partial charge in [0.1, 0.15) is 6.07 Å². The van der Waals surface area contributed by atoms with Gasteiger partial charge >= 0.3 is 0 Å². The summed E-state index contributed by atoms with van der Waals surface area (Å²) < 4.78 is 0. The summed E-state index contributed by atoms with van der Waals surface area (Å²) in [4.78, 5) is 3.96. The van der Waals surface area contributed by atoms with Crippen molar-refractivity contribution in [2.75, 3.05) is 0 Å². The second-order valence-electron chi connectivity index (χ2n) is 5.86. The SMILES string of the molecule is CC(C)(C)c1ccc(/C(Cl)=C(/C#N)c2ccncc2)cc1. The van der Waals surface area contributed by atoms with Crippen LogP contribution in [0, 0.1) is 11.3 Å². The maximum absolute atomic E-state index is 9.38. The third-order valence-electron chi connectivity index (χ3n) is 3.30. The van der Waals surface area contributed by atoms with Gasteiger partial charge in [-0.15, -0.1) is 0 Å². The molecule has 0 fully saturated rings. The molecular weight excluding hydrogens is 280 g/mol. The van der Waals surface area contributed by atoms with Gasteiger partial charge in [0, 0.05) is 12.4 Å². The number of hydrogen-bond donors (Lipinski definition) is 0. The quantitative estimate of drug-likeness (QED) is 0.730. The lowest BCUT2D eigenvalue weighted by atomic mass is 9.86. The molecule has 0 saturated heterocycles. The molecular formula is C18H17ClN2. The summed E-state index contributed by atoms with van der Waals surface area (Å²) in [5.41, 5.74) is 3.41. The molecule has 2 rings (SSSR count). The van der Waals surface area contributed by atoms with Crippen LogP contribution in [-0.4, -0.2) is 4.98 Å². The van der Waals surface area contributed by atoms with Crippen LogP contribution >= 0.6 is 11.6 Å². The van der Waals surface area contributed by atoms with E-state index >= 15 is 0 Å². The Kier molecular flexibility index (Phi) is 4.45. The summed E-state index contributed by atoms with van der Waals surface area (Å²) in [6.07, 6.45) is 3.30. The average molecular weight is 297 g/mol. The van der Waals surface area contributed by atoms with Gasteiger partial charge < -0.3 is 0 Å². The molecule has 106 valence electrons. The number of halogens is 1. The van der Waals surface area contributed by atoms with Gasteiger partial charge in [0.25, 0.3) is 0 Å². The number of aromatic nitrogens is 1. The summed E-state index contributed by atoms with van der Waals surface area (Å²) in [6.45, 7) is 6.49. The maximum atomic E-state index is 9.38. The van der Waals surface area contributed by atoms with Crippen LogP contribution in [0.25, 0.3) is 10.6 Å². The molecule has 0 bridgehead atoms. The Morgan fingerprint density at radius 2 is 1.57 bits per heavy atom. The largest absolute Gasteiger partial charge is 0.265 e. The first-order valence-electron chi connectivity index (χ1n) is 6.74. The van der Waals surface area contributed by atoms with Crippen LogP contribution < -0.4 is 0 Å². The molecule has 1 aromatic carbocycles. The molecule has 0 radical (unpaired) electrons. The number of nitriles is 1.